The van der Waals surface area contributed by atoms with Crippen molar-refractivity contribution in [1.82, 2.24) is 0 Å². The molecular weight excluding hydrogens is 178 g/mol. The van der Waals surface area contributed by atoms with Gasteiger partial charge in [-0.3, -0.25) is 0 Å². The monoisotopic (exact) mass is 187 g/mol. The number of nitrogens with zero attached hydrogens (tertiary/aromatic N) is 1. The molecule has 2 heteroatoms. The summed E-state index contributed by atoms with van der Waals surface area (Å²) in [6, 6.07) is 6.52. The summed E-state index contributed by atoms with van der Waals surface area (Å²) in [7, 11) is 0. The minimum atomic E-state index is 1.06. The van der Waals surface area contributed by atoms with Gasteiger partial charge in [0.15, 0.2) is 0 Å². The molecule has 3 rings (SSSR count). The Bertz CT molecular complexity index is 372. The maximum Gasteiger partial charge on any atom is 0.0624 e. The molecule has 0 bridgehead atoms. The van der Waals surface area contributed by atoms with Gasteiger partial charge in [-0.25, -0.2) is 0 Å². The van der Waals surface area contributed by atoms with Crippen LogP contribution in [0.4, 0.5) is 5.69 Å². The molecule has 0 radical (unpaired) electrons. The Hall–Kier alpha value is -1.15. The topological polar surface area (TPSA) is 3.24 Å². The number of hydrogen-bond acceptors (Lipinski definition) is 2. The normalized spacial score (nSPS) is 17.4. The molecule has 0 amide bonds. The third kappa shape index (κ3) is 1.02. The van der Waals surface area contributed by atoms with Crippen molar-refractivity contribution in [2.45, 2.75) is 11.3 Å². The molecule has 2 aliphatic heterocycles. The van der Waals surface area contributed by atoms with Crippen LogP contribution in [0.15, 0.2) is 47.0 Å². The Morgan fingerprint density at radius 1 is 1.23 bits per heavy atom. The van der Waals surface area contributed by atoms with Crippen LogP contribution >= 0.6 is 11.8 Å². The Labute approximate surface area is 81.7 Å². The summed E-state index contributed by atoms with van der Waals surface area (Å²) in [6.07, 6.45) is 7.52. The zero-order valence-corrected chi connectivity index (χ0v) is 7.92. The first kappa shape index (κ1) is 7.27. The van der Waals surface area contributed by atoms with Gasteiger partial charge in [-0.2, -0.15) is 0 Å². The van der Waals surface area contributed by atoms with Gasteiger partial charge in [0.25, 0.3) is 0 Å². The first-order valence-electron chi connectivity index (χ1n) is 4.35. The predicted octanol–water partition coefficient (Wildman–Crippen LogP) is 3.14. The number of para-hydroxylation sites is 1. The fourth-order valence-corrected chi connectivity index (χ4v) is 2.63. The van der Waals surface area contributed by atoms with Crippen molar-refractivity contribution in [1.29, 1.82) is 0 Å². The Balaban J connectivity index is 2.27. The molecule has 0 aromatic heterocycles. The van der Waals surface area contributed by atoms with Gasteiger partial charge >= 0.3 is 0 Å². The van der Waals surface area contributed by atoms with Gasteiger partial charge in [0.05, 0.1) is 5.69 Å². The number of allylic oxidation sites excluding steroid dienone is 1. The van der Waals surface area contributed by atoms with Gasteiger partial charge in [0.2, 0.25) is 0 Å². The van der Waals surface area contributed by atoms with E-state index < -0.39 is 0 Å². The van der Waals surface area contributed by atoms with Crippen molar-refractivity contribution in [3.8, 4) is 0 Å². The Kier molecular flexibility index (Phi) is 1.49. The average molecular weight is 187 g/mol. The van der Waals surface area contributed by atoms with Gasteiger partial charge in [-0.15, -0.1) is 0 Å². The molecule has 0 saturated carbocycles. The van der Waals surface area contributed by atoms with Crippen LogP contribution < -0.4 is 4.90 Å². The minimum Gasteiger partial charge on any atom is -0.322 e. The second kappa shape index (κ2) is 2.67. The highest BCUT2D eigenvalue weighted by Gasteiger charge is 2.17. The van der Waals surface area contributed by atoms with E-state index in [-0.39, 0.29) is 0 Å². The van der Waals surface area contributed by atoms with E-state index in [4.69, 9.17) is 0 Å². The molecule has 0 aliphatic carbocycles. The fourth-order valence-electron chi connectivity index (χ4n) is 1.78. The second-order valence-corrected chi connectivity index (χ2v) is 4.11. The molecule has 0 atom stereocenters. The van der Waals surface area contributed by atoms with Gasteiger partial charge < -0.3 is 4.90 Å². The van der Waals surface area contributed by atoms with E-state index in [0.717, 1.165) is 6.42 Å². The van der Waals surface area contributed by atoms with Crippen molar-refractivity contribution >= 4 is 17.4 Å². The highest BCUT2D eigenvalue weighted by molar-refractivity contribution is 8.02. The largest absolute Gasteiger partial charge is 0.322 e. The summed E-state index contributed by atoms with van der Waals surface area (Å²) in [5.41, 5.74) is 2.80. The molecule has 0 spiro atoms. The minimum absolute atomic E-state index is 1.06. The van der Waals surface area contributed by atoms with Crippen molar-refractivity contribution in [2.75, 3.05) is 4.90 Å². The lowest BCUT2D eigenvalue weighted by molar-refractivity contribution is 1.09. The van der Waals surface area contributed by atoms with E-state index in [0.29, 0.717) is 0 Å². The smallest absolute Gasteiger partial charge is 0.0624 e. The summed E-state index contributed by atoms with van der Waals surface area (Å²) < 4.78 is 0. The molecule has 13 heavy (non-hydrogen) atoms. The lowest BCUT2D eigenvalue weighted by atomic mass is 10.1. The van der Waals surface area contributed by atoms with Crippen molar-refractivity contribution in [3.63, 3.8) is 0 Å². The van der Waals surface area contributed by atoms with E-state index in [9.17, 15) is 0 Å². The molecule has 0 unspecified atom stereocenters. The summed E-state index contributed by atoms with van der Waals surface area (Å²) in [5, 5.41) is 2.13. The lowest BCUT2D eigenvalue weighted by Gasteiger charge is -2.27. The maximum absolute atomic E-state index is 2.20. The zero-order valence-electron chi connectivity index (χ0n) is 7.10. The molecule has 0 N–H and O–H groups in total. The fraction of sp³-hybridized carbons (Fsp3) is 0.0909. The summed E-state index contributed by atoms with van der Waals surface area (Å²) >= 11 is 1.80. The predicted molar refractivity (Wildman–Crippen MR) is 56.8 cm³/mol. The molecular formula is C11H9NS. The van der Waals surface area contributed by atoms with Crippen molar-refractivity contribution < 1.29 is 0 Å². The van der Waals surface area contributed by atoms with Gasteiger partial charge in [-0.1, -0.05) is 30.0 Å². The van der Waals surface area contributed by atoms with Crippen LogP contribution in [-0.4, -0.2) is 0 Å². The second-order valence-electron chi connectivity index (χ2n) is 3.16. The highest BCUT2D eigenvalue weighted by Crippen LogP contribution is 2.40. The van der Waals surface area contributed by atoms with E-state index in [1.54, 1.807) is 11.8 Å². The standard InChI is InChI=1S/C11H9NS/c1-3-9-4-2-6-12-7-8-13-10(5-1)11(9)12/h1-3,5-8H,4H2. The maximum atomic E-state index is 2.20. The van der Waals surface area contributed by atoms with Crippen LogP contribution in [0.25, 0.3) is 0 Å². The van der Waals surface area contributed by atoms with E-state index in [2.05, 4.69) is 47.0 Å². The first-order valence-corrected chi connectivity index (χ1v) is 5.23. The number of thioether (sulfide) groups is 1. The van der Waals surface area contributed by atoms with Crippen LogP contribution in [0.2, 0.25) is 0 Å². The van der Waals surface area contributed by atoms with Crippen LogP contribution in [0.5, 0.6) is 0 Å². The van der Waals surface area contributed by atoms with E-state index in [1.165, 1.54) is 16.1 Å². The molecule has 0 saturated heterocycles. The van der Waals surface area contributed by atoms with Crippen molar-refractivity contribution in [3.05, 3.63) is 47.6 Å². The van der Waals surface area contributed by atoms with Gasteiger partial charge in [0.1, 0.15) is 0 Å². The van der Waals surface area contributed by atoms with Crippen LogP contribution in [0.1, 0.15) is 5.56 Å². The van der Waals surface area contributed by atoms with Crippen molar-refractivity contribution in [2.24, 2.45) is 0 Å². The molecule has 1 aromatic carbocycles. The Morgan fingerprint density at radius 3 is 3.23 bits per heavy atom. The molecule has 2 heterocycles. The van der Waals surface area contributed by atoms with Gasteiger partial charge in [-0.05, 0) is 23.5 Å². The number of rotatable bonds is 0. The zero-order chi connectivity index (χ0) is 8.67. The third-order valence-corrected chi connectivity index (χ3v) is 3.20. The van der Waals surface area contributed by atoms with Crippen LogP contribution in [-0.2, 0) is 6.42 Å². The summed E-state index contributed by atoms with van der Waals surface area (Å²) in [5.74, 6) is 0. The quantitative estimate of drug-likeness (QED) is 0.614. The Morgan fingerprint density at radius 2 is 2.23 bits per heavy atom. The van der Waals surface area contributed by atoms with Gasteiger partial charge in [0, 0.05) is 17.3 Å². The number of anilines is 1. The number of hydrogen-bond donors (Lipinski definition) is 0. The average Bonchev–Trinajstić information content (AvgIpc) is 2.19. The van der Waals surface area contributed by atoms with E-state index in [1.807, 2.05) is 0 Å². The van der Waals surface area contributed by atoms with Crippen LogP contribution in [0, 0.1) is 0 Å². The summed E-state index contributed by atoms with van der Waals surface area (Å²) in [6.45, 7) is 0. The molecule has 1 nitrogen and oxygen atoms in total. The van der Waals surface area contributed by atoms with Crippen LogP contribution in [0.3, 0.4) is 0 Å². The molecule has 0 fully saturated rings. The SMILES string of the molecule is C1=CN2C=CSc3cccc(c32)C1. The third-order valence-electron chi connectivity index (χ3n) is 2.36. The first-order chi connectivity index (χ1) is 6.45. The van der Waals surface area contributed by atoms with E-state index >= 15 is 0 Å². The number of benzene rings is 1. The molecule has 64 valence electrons. The highest BCUT2D eigenvalue weighted by atomic mass is 32.2. The molecule has 2 aliphatic rings. The molecule has 1 aromatic rings. The lowest BCUT2D eigenvalue weighted by Crippen LogP contribution is -2.15. The summed E-state index contributed by atoms with van der Waals surface area (Å²) in [4.78, 5) is 3.56.